The van der Waals surface area contributed by atoms with E-state index in [0.717, 1.165) is 17.0 Å². The number of carbonyl (C=O) groups is 2. The molecule has 0 bridgehead atoms. The van der Waals surface area contributed by atoms with Gasteiger partial charge in [0.05, 0.1) is 18.4 Å². The van der Waals surface area contributed by atoms with Crippen molar-refractivity contribution in [3.63, 3.8) is 0 Å². The monoisotopic (exact) mass is 397 g/mol. The summed E-state index contributed by atoms with van der Waals surface area (Å²) in [6.45, 7) is 3.08. The lowest BCUT2D eigenvalue weighted by molar-refractivity contribution is 0.0601. The number of benzene rings is 2. The molecule has 4 rings (SSSR count). The van der Waals surface area contributed by atoms with Gasteiger partial charge in [0, 0.05) is 32.7 Å². The largest absolute Gasteiger partial charge is 0.465 e. The molecule has 0 saturated carbocycles. The van der Waals surface area contributed by atoms with Gasteiger partial charge in [-0.05, 0) is 29.8 Å². The van der Waals surface area contributed by atoms with E-state index in [9.17, 15) is 9.59 Å². The number of ether oxygens (including phenoxy) is 3. The van der Waals surface area contributed by atoms with Gasteiger partial charge < -0.3 is 29.3 Å². The lowest BCUT2D eigenvalue weighted by Gasteiger charge is -2.36. The number of urea groups is 1. The number of esters is 1. The summed E-state index contributed by atoms with van der Waals surface area (Å²) in [4.78, 5) is 28.4. The van der Waals surface area contributed by atoms with E-state index >= 15 is 0 Å². The molecule has 0 atom stereocenters. The molecule has 152 valence electrons. The highest BCUT2D eigenvalue weighted by molar-refractivity contribution is 5.95. The first-order chi connectivity index (χ1) is 14.2. The van der Waals surface area contributed by atoms with Crippen molar-refractivity contribution in [2.24, 2.45) is 0 Å². The number of nitrogens with zero attached hydrogens (tertiary/aromatic N) is 2. The minimum absolute atomic E-state index is 0.108. The van der Waals surface area contributed by atoms with E-state index in [-0.39, 0.29) is 18.8 Å². The number of carbonyl (C=O) groups excluding carboxylic acids is 2. The predicted molar refractivity (Wildman–Crippen MR) is 106 cm³/mol. The molecule has 29 heavy (non-hydrogen) atoms. The summed E-state index contributed by atoms with van der Waals surface area (Å²) in [6, 6.07) is 12.9. The van der Waals surface area contributed by atoms with Crippen molar-refractivity contribution in [3.05, 3.63) is 53.6 Å². The molecule has 1 N–H and O–H groups in total. The number of methoxy groups -OCH3 is 1. The van der Waals surface area contributed by atoms with Gasteiger partial charge in [0.2, 0.25) is 6.79 Å². The molecule has 1 saturated heterocycles. The fourth-order valence-corrected chi connectivity index (χ4v) is 3.52. The zero-order chi connectivity index (χ0) is 20.2. The molecule has 0 radical (unpaired) electrons. The molecule has 2 aromatic rings. The van der Waals surface area contributed by atoms with Crippen LogP contribution in [0.25, 0.3) is 0 Å². The number of para-hydroxylation sites is 1. The van der Waals surface area contributed by atoms with Crippen LogP contribution in [0.3, 0.4) is 0 Å². The third kappa shape index (κ3) is 4.06. The normalized spacial score (nSPS) is 15.2. The molecule has 2 amide bonds. The fourth-order valence-electron chi connectivity index (χ4n) is 3.52. The van der Waals surface area contributed by atoms with Gasteiger partial charge in [0.15, 0.2) is 11.5 Å². The van der Waals surface area contributed by atoms with Crippen molar-refractivity contribution in [3.8, 4) is 11.5 Å². The van der Waals surface area contributed by atoms with Crippen LogP contribution < -0.4 is 19.7 Å². The van der Waals surface area contributed by atoms with Crippen LogP contribution in [0.5, 0.6) is 11.5 Å². The third-order valence-corrected chi connectivity index (χ3v) is 5.10. The Morgan fingerprint density at radius 3 is 2.59 bits per heavy atom. The van der Waals surface area contributed by atoms with Crippen LogP contribution in [0.2, 0.25) is 0 Å². The highest BCUT2D eigenvalue weighted by atomic mass is 16.7. The summed E-state index contributed by atoms with van der Waals surface area (Å²) < 4.78 is 15.5. The maximum atomic E-state index is 12.5. The first-order valence-electron chi connectivity index (χ1n) is 9.49. The van der Waals surface area contributed by atoms with Gasteiger partial charge >= 0.3 is 12.0 Å². The van der Waals surface area contributed by atoms with Crippen molar-refractivity contribution >= 4 is 17.7 Å². The van der Waals surface area contributed by atoms with Crippen LogP contribution in [-0.4, -0.2) is 57.0 Å². The molecular formula is C21H23N3O5. The van der Waals surface area contributed by atoms with Crippen LogP contribution in [0, 0.1) is 0 Å². The van der Waals surface area contributed by atoms with Crippen LogP contribution in [0.1, 0.15) is 15.9 Å². The lowest BCUT2D eigenvalue weighted by atomic mass is 10.1. The highest BCUT2D eigenvalue weighted by Crippen LogP contribution is 2.32. The van der Waals surface area contributed by atoms with Crippen molar-refractivity contribution in [1.82, 2.24) is 10.2 Å². The van der Waals surface area contributed by atoms with Gasteiger partial charge in [0.25, 0.3) is 0 Å². The second kappa shape index (κ2) is 8.30. The van der Waals surface area contributed by atoms with E-state index in [1.807, 2.05) is 36.4 Å². The van der Waals surface area contributed by atoms with Crippen LogP contribution in [0.4, 0.5) is 10.5 Å². The Bertz CT molecular complexity index is 909. The predicted octanol–water partition coefficient (Wildman–Crippen LogP) is 2.23. The smallest absolute Gasteiger partial charge is 0.339 e. The van der Waals surface area contributed by atoms with Crippen LogP contribution in [-0.2, 0) is 11.3 Å². The molecule has 0 aliphatic carbocycles. The van der Waals surface area contributed by atoms with Crippen LogP contribution >= 0.6 is 0 Å². The lowest BCUT2D eigenvalue weighted by Crippen LogP contribution is -2.52. The Hall–Kier alpha value is -3.42. The summed E-state index contributed by atoms with van der Waals surface area (Å²) in [5.41, 5.74) is 2.32. The van der Waals surface area contributed by atoms with E-state index in [1.54, 1.807) is 11.0 Å². The summed E-state index contributed by atoms with van der Waals surface area (Å²) in [5.74, 6) is 1.07. The minimum atomic E-state index is -0.357. The number of nitrogens with one attached hydrogen (secondary N) is 1. The molecule has 2 aliphatic heterocycles. The van der Waals surface area contributed by atoms with Crippen molar-refractivity contribution in [1.29, 1.82) is 0 Å². The number of hydrogen-bond acceptors (Lipinski definition) is 6. The van der Waals surface area contributed by atoms with E-state index < -0.39 is 0 Å². The standard InChI is InChI=1S/C21H23N3O5/c1-27-20(25)16-4-2-3-5-17(16)23-8-10-24(11-9-23)21(26)22-13-15-6-7-18-19(12-15)29-14-28-18/h2-7,12H,8-11,13-14H2,1H3,(H,22,26). The first kappa shape index (κ1) is 18.9. The molecule has 0 unspecified atom stereocenters. The van der Waals surface area contributed by atoms with Gasteiger partial charge in [-0.25, -0.2) is 9.59 Å². The molecule has 2 aliphatic rings. The zero-order valence-electron chi connectivity index (χ0n) is 16.2. The number of amides is 2. The maximum absolute atomic E-state index is 12.5. The third-order valence-electron chi connectivity index (χ3n) is 5.10. The average molecular weight is 397 g/mol. The number of rotatable bonds is 4. The Morgan fingerprint density at radius 1 is 1.03 bits per heavy atom. The molecule has 0 spiro atoms. The van der Waals surface area contributed by atoms with Gasteiger partial charge in [-0.15, -0.1) is 0 Å². The quantitative estimate of drug-likeness (QED) is 0.797. The van der Waals surface area contributed by atoms with Gasteiger partial charge in [-0.1, -0.05) is 18.2 Å². The maximum Gasteiger partial charge on any atom is 0.339 e. The second-order valence-electron chi connectivity index (χ2n) is 6.83. The average Bonchev–Trinajstić information content (AvgIpc) is 3.25. The summed E-state index contributed by atoms with van der Waals surface area (Å²) in [7, 11) is 1.38. The van der Waals surface area contributed by atoms with Crippen molar-refractivity contribution in [2.45, 2.75) is 6.54 Å². The summed E-state index contributed by atoms with van der Waals surface area (Å²) >= 11 is 0. The fraction of sp³-hybridized carbons (Fsp3) is 0.333. The molecule has 0 aromatic heterocycles. The Morgan fingerprint density at radius 2 is 1.79 bits per heavy atom. The van der Waals surface area contributed by atoms with Gasteiger partial charge in [-0.2, -0.15) is 0 Å². The van der Waals surface area contributed by atoms with Gasteiger partial charge in [-0.3, -0.25) is 0 Å². The number of piperazine rings is 1. The van der Waals surface area contributed by atoms with E-state index in [4.69, 9.17) is 14.2 Å². The van der Waals surface area contributed by atoms with E-state index in [2.05, 4.69) is 10.2 Å². The van der Waals surface area contributed by atoms with Crippen molar-refractivity contribution < 1.29 is 23.8 Å². The minimum Gasteiger partial charge on any atom is -0.465 e. The SMILES string of the molecule is COC(=O)c1ccccc1N1CCN(C(=O)NCc2ccc3c(c2)OCO3)CC1. The van der Waals surface area contributed by atoms with Crippen molar-refractivity contribution in [2.75, 3.05) is 45.0 Å². The number of hydrogen-bond donors (Lipinski definition) is 1. The molecular weight excluding hydrogens is 374 g/mol. The molecule has 2 heterocycles. The Balaban J connectivity index is 1.32. The summed E-state index contributed by atoms with van der Waals surface area (Å²) in [5, 5.41) is 2.95. The topological polar surface area (TPSA) is 80.3 Å². The molecule has 8 nitrogen and oxygen atoms in total. The highest BCUT2D eigenvalue weighted by Gasteiger charge is 2.24. The zero-order valence-corrected chi connectivity index (χ0v) is 16.2. The second-order valence-corrected chi connectivity index (χ2v) is 6.83. The Kier molecular flexibility index (Phi) is 5.41. The first-order valence-corrected chi connectivity index (χ1v) is 9.49. The molecule has 2 aromatic carbocycles. The van der Waals surface area contributed by atoms with E-state index in [0.29, 0.717) is 44.0 Å². The molecule has 8 heteroatoms. The number of anilines is 1. The summed E-state index contributed by atoms with van der Waals surface area (Å²) in [6.07, 6.45) is 0. The van der Waals surface area contributed by atoms with Gasteiger partial charge in [0.1, 0.15) is 0 Å². The van der Waals surface area contributed by atoms with Crippen LogP contribution in [0.15, 0.2) is 42.5 Å². The Labute approximate surface area is 168 Å². The number of fused-ring (bicyclic) bond motifs is 1. The molecule has 1 fully saturated rings. The van der Waals surface area contributed by atoms with E-state index in [1.165, 1.54) is 7.11 Å².